The van der Waals surface area contributed by atoms with Crippen LogP contribution in [-0.2, 0) is 10.0 Å². The summed E-state index contributed by atoms with van der Waals surface area (Å²) in [5.74, 6) is 1.17. The van der Waals surface area contributed by atoms with E-state index in [0.717, 1.165) is 17.8 Å². The van der Waals surface area contributed by atoms with E-state index in [1.165, 1.54) is 4.72 Å². The highest BCUT2D eigenvalue weighted by Gasteiger charge is 2.22. The van der Waals surface area contributed by atoms with Gasteiger partial charge in [-0.1, -0.05) is 11.3 Å². The number of benzene rings is 1. The fourth-order valence-corrected chi connectivity index (χ4v) is 3.49. The summed E-state index contributed by atoms with van der Waals surface area (Å²) in [5.41, 5.74) is 0.643. The predicted molar refractivity (Wildman–Crippen MR) is 84.5 cm³/mol. The normalized spacial score (nSPS) is 11.2. The van der Waals surface area contributed by atoms with Crippen LogP contribution in [-0.4, -0.2) is 42.3 Å². The Hall–Kier alpha value is -1.91. The maximum Gasteiger partial charge on any atom is 0.418 e. The van der Waals surface area contributed by atoms with Crippen molar-refractivity contribution in [1.82, 2.24) is 14.9 Å². The van der Waals surface area contributed by atoms with Gasteiger partial charge in [0.1, 0.15) is 10.8 Å². The van der Waals surface area contributed by atoms with Crippen molar-refractivity contribution in [2.45, 2.75) is 10.8 Å². The maximum atomic E-state index is 11.7. The molecule has 0 atom stereocenters. The Bertz CT molecular complexity index is 776. The van der Waals surface area contributed by atoms with Gasteiger partial charge >= 0.3 is 6.09 Å². The molecule has 1 heterocycles. The molecule has 0 aliphatic rings. The quantitative estimate of drug-likeness (QED) is 0.560. The molecule has 11 heteroatoms. The first-order valence-corrected chi connectivity index (χ1v) is 9.14. The second-order valence-electron chi connectivity index (χ2n) is 4.20. The molecule has 8 nitrogen and oxygen atoms in total. The lowest BCUT2D eigenvalue weighted by atomic mass is 10.2. The van der Waals surface area contributed by atoms with E-state index in [9.17, 15) is 13.2 Å². The molecule has 124 valence electrons. The molecule has 0 radical (unpaired) electrons. The minimum atomic E-state index is -4.21. The number of carbonyl (C=O) groups is 1. The molecule has 0 unspecified atom stereocenters. The average Bonchev–Trinajstić information content (AvgIpc) is 2.98. The summed E-state index contributed by atoms with van der Waals surface area (Å²) in [7, 11) is -4.21. The number of nitrogens with zero attached hydrogens (tertiary/aromatic N) is 2. The van der Waals surface area contributed by atoms with Gasteiger partial charge in [-0.25, -0.2) is 9.52 Å². The lowest BCUT2D eigenvalue weighted by Crippen LogP contribution is -2.28. The molecule has 23 heavy (non-hydrogen) atoms. The number of halogens is 1. The van der Waals surface area contributed by atoms with Crippen LogP contribution in [0.5, 0.6) is 5.75 Å². The molecule has 0 aliphatic heterocycles. The van der Waals surface area contributed by atoms with E-state index in [2.05, 4.69) is 10.2 Å². The predicted octanol–water partition coefficient (Wildman–Crippen LogP) is 2.17. The molecular formula is C12H12ClN3O5S2. The summed E-state index contributed by atoms with van der Waals surface area (Å²) in [6.07, 6.45) is -0.947. The van der Waals surface area contributed by atoms with Crippen molar-refractivity contribution in [3.05, 3.63) is 24.3 Å². The smallest absolute Gasteiger partial charge is 0.418 e. The number of amides is 1. The number of nitrogens with one attached hydrogen (secondary N) is 1. The molecule has 1 aromatic heterocycles. The van der Waals surface area contributed by atoms with Gasteiger partial charge < -0.3 is 9.84 Å². The molecule has 1 amide bonds. The number of rotatable bonds is 7. The third kappa shape index (κ3) is 4.78. The Kier molecular flexibility index (Phi) is 5.74. The Morgan fingerprint density at radius 3 is 2.61 bits per heavy atom. The van der Waals surface area contributed by atoms with Gasteiger partial charge in [0.2, 0.25) is 0 Å². The molecule has 0 bridgehead atoms. The van der Waals surface area contributed by atoms with Crippen LogP contribution >= 0.6 is 22.9 Å². The summed E-state index contributed by atoms with van der Waals surface area (Å²) in [4.78, 5) is 10.5. The van der Waals surface area contributed by atoms with Crippen LogP contribution in [0.1, 0.15) is 6.42 Å². The Labute approximate surface area is 141 Å². The van der Waals surface area contributed by atoms with E-state index in [4.69, 9.17) is 21.4 Å². The zero-order valence-electron chi connectivity index (χ0n) is 11.6. The van der Waals surface area contributed by atoms with Crippen molar-refractivity contribution in [3.8, 4) is 16.3 Å². The topological polar surface area (TPSA) is 118 Å². The van der Waals surface area contributed by atoms with Gasteiger partial charge in [0.25, 0.3) is 14.4 Å². The van der Waals surface area contributed by atoms with Crippen LogP contribution in [0.2, 0.25) is 0 Å². The van der Waals surface area contributed by atoms with Gasteiger partial charge in [0.05, 0.1) is 6.61 Å². The zero-order chi connectivity index (χ0) is 16.9. The van der Waals surface area contributed by atoms with E-state index < -0.39 is 20.5 Å². The molecule has 0 spiro atoms. The van der Waals surface area contributed by atoms with Crippen molar-refractivity contribution in [2.24, 2.45) is 0 Å². The summed E-state index contributed by atoms with van der Waals surface area (Å²) in [6.45, 7) is 0.505. The number of aromatic nitrogens is 2. The van der Waals surface area contributed by atoms with Crippen molar-refractivity contribution in [1.29, 1.82) is 0 Å². The summed E-state index contributed by atoms with van der Waals surface area (Å²) < 4.78 is 29.8. The molecule has 0 aliphatic carbocycles. The number of alkyl halides is 1. The molecule has 2 aromatic rings. The van der Waals surface area contributed by atoms with Crippen LogP contribution in [0.15, 0.2) is 28.6 Å². The average molecular weight is 378 g/mol. The van der Waals surface area contributed by atoms with Gasteiger partial charge in [-0.15, -0.1) is 21.8 Å². The van der Waals surface area contributed by atoms with Gasteiger partial charge in [-0.05, 0) is 30.7 Å². The number of sulfonamides is 1. The maximum absolute atomic E-state index is 11.7. The van der Waals surface area contributed by atoms with Gasteiger partial charge in [-0.3, -0.25) is 0 Å². The highest BCUT2D eigenvalue weighted by Crippen LogP contribution is 2.27. The Morgan fingerprint density at radius 1 is 1.30 bits per heavy atom. The van der Waals surface area contributed by atoms with Crippen molar-refractivity contribution in [3.63, 3.8) is 0 Å². The van der Waals surface area contributed by atoms with Gasteiger partial charge in [-0.2, -0.15) is 8.42 Å². The molecular weight excluding hydrogens is 366 g/mol. The zero-order valence-corrected chi connectivity index (χ0v) is 14.0. The second kappa shape index (κ2) is 7.57. The lowest BCUT2D eigenvalue weighted by molar-refractivity contribution is 0.201. The second-order valence-corrected chi connectivity index (χ2v) is 7.41. The first-order chi connectivity index (χ1) is 10.9. The SMILES string of the molecule is O=C(O)NS(=O)(=O)c1nnc(-c2ccc(OCCCCl)cc2)s1. The standard InChI is InChI=1S/C12H12ClN3O5S2/c13-6-1-7-21-9-4-2-8(3-5-9)10-14-15-12(22-10)23(19,20)16-11(17)18/h2-5,16H,1,6-7H2,(H,17,18). The summed E-state index contributed by atoms with van der Waals surface area (Å²) >= 11 is 6.33. The van der Waals surface area contributed by atoms with Gasteiger partial charge in [0.15, 0.2) is 0 Å². The van der Waals surface area contributed by atoms with Crippen molar-refractivity contribution >= 4 is 39.1 Å². The van der Waals surface area contributed by atoms with E-state index in [0.29, 0.717) is 28.8 Å². The number of hydrogen-bond acceptors (Lipinski definition) is 7. The molecule has 2 rings (SSSR count). The van der Waals surface area contributed by atoms with Crippen LogP contribution in [0.25, 0.3) is 10.6 Å². The first-order valence-electron chi connectivity index (χ1n) is 6.31. The number of ether oxygens (including phenoxy) is 1. The fourth-order valence-electron chi connectivity index (χ4n) is 1.53. The van der Waals surface area contributed by atoms with E-state index in [1.54, 1.807) is 24.3 Å². The minimum Gasteiger partial charge on any atom is -0.494 e. The minimum absolute atomic E-state index is 0.350. The van der Waals surface area contributed by atoms with Crippen LogP contribution in [0.3, 0.4) is 0 Å². The number of carboxylic acid groups (broad SMARTS) is 1. The fraction of sp³-hybridized carbons (Fsp3) is 0.250. The largest absolute Gasteiger partial charge is 0.494 e. The Morgan fingerprint density at radius 2 is 2.00 bits per heavy atom. The molecule has 0 saturated carbocycles. The summed E-state index contributed by atoms with van der Waals surface area (Å²) in [6, 6.07) is 6.85. The first kappa shape index (κ1) is 17.4. The summed E-state index contributed by atoms with van der Waals surface area (Å²) in [5, 5.41) is 16.1. The lowest BCUT2D eigenvalue weighted by Gasteiger charge is -2.04. The highest BCUT2D eigenvalue weighted by atomic mass is 35.5. The molecule has 1 aromatic carbocycles. The third-order valence-corrected chi connectivity index (χ3v) is 5.43. The molecule has 0 fully saturated rings. The van der Waals surface area contributed by atoms with E-state index >= 15 is 0 Å². The van der Waals surface area contributed by atoms with Crippen LogP contribution in [0, 0.1) is 0 Å². The molecule has 0 saturated heterocycles. The van der Waals surface area contributed by atoms with Crippen molar-refractivity contribution < 1.29 is 23.1 Å². The number of hydrogen-bond donors (Lipinski definition) is 2. The van der Waals surface area contributed by atoms with Gasteiger partial charge in [0, 0.05) is 11.4 Å². The third-order valence-electron chi connectivity index (χ3n) is 2.51. The highest BCUT2D eigenvalue weighted by molar-refractivity contribution is 7.92. The van der Waals surface area contributed by atoms with Crippen LogP contribution in [0.4, 0.5) is 4.79 Å². The Balaban J connectivity index is 2.13. The monoisotopic (exact) mass is 377 g/mol. The van der Waals surface area contributed by atoms with E-state index in [1.807, 2.05) is 0 Å². The van der Waals surface area contributed by atoms with Crippen molar-refractivity contribution in [2.75, 3.05) is 12.5 Å². The van der Waals surface area contributed by atoms with Crippen LogP contribution < -0.4 is 9.46 Å². The van der Waals surface area contributed by atoms with E-state index in [-0.39, 0.29) is 0 Å². The molecule has 2 N–H and O–H groups in total.